The molecule has 1 aromatic carbocycles. The smallest absolute Gasteiger partial charge is 0.253 e. The summed E-state index contributed by atoms with van der Waals surface area (Å²) in [5.74, 6) is -0.123. The van der Waals surface area contributed by atoms with Crippen molar-refractivity contribution in [3.05, 3.63) is 53.9 Å². The standard InChI is InChI=1S/C16H17N5O/c1-11(18-16(22)13-6-5-9-17-12(13)2)10-21-15-8-4-3-7-14(15)19-20-21/h3-9,11H,10H2,1-2H3,(H,18,22)/t11-/m1/s1. The molecule has 22 heavy (non-hydrogen) atoms. The number of benzene rings is 1. The average Bonchev–Trinajstić information content (AvgIpc) is 2.91. The van der Waals surface area contributed by atoms with Crippen molar-refractivity contribution in [2.75, 3.05) is 0 Å². The summed E-state index contributed by atoms with van der Waals surface area (Å²) in [6.07, 6.45) is 1.68. The van der Waals surface area contributed by atoms with Crippen LogP contribution in [0, 0.1) is 6.92 Å². The van der Waals surface area contributed by atoms with Crippen molar-refractivity contribution in [2.45, 2.75) is 26.4 Å². The van der Waals surface area contributed by atoms with Gasteiger partial charge in [0.2, 0.25) is 0 Å². The molecule has 6 heteroatoms. The first-order chi connectivity index (χ1) is 10.6. The molecule has 0 aliphatic heterocycles. The number of amides is 1. The Balaban J connectivity index is 1.71. The van der Waals surface area contributed by atoms with E-state index in [1.807, 2.05) is 38.1 Å². The van der Waals surface area contributed by atoms with Crippen LogP contribution >= 0.6 is 0 Å². The Hall–Kier alpha value is -2.76. The first-order valence-corrected chi connectivity index (χ1v) is 7.16. The molecule has 1 amide bonds. The monoisotopic (exact) mass is 295 g/mol. The molecule has 112 valence electrons. The molecule has 0 saturated carbocycles. The molecule has 0 unspecified atom stereocenters. The minimum Gasteiger partial charge on any atom is -0.348 e. The molecule has 0 aliphatic carbocycles. The van der Waals surface area contributed by atoms with E-state index in [1.54, 1.807) is 23.0 Å². The van der Waals surface area contributed by atoms with Gasteiger partial charge in [0.25, 0.3) is 5.91 Å². The highest BCUT2D eigenvalue weighted by Gasteiger charge is 2.14. The van der Waals surface area contributed by atoms with E-state index in [2.05, 4.69) is 20.6 Å². The number of rotatable bonds is 4. The third-order valence-corrected chi connectivity index (χ3v) is 3.50. The summed E-state index contributed by atoms with van der Waals surface area (Å²) in [4.78, 5) is 16.4. The fraction of sp³-hybridized carbons (Fsp3) is 0.250. The van der Waals surface area contributed by atoms with Crippen molar-refractivity contribution in [3.63, 3.8) is 0 Å². The topological polar surface area (TPSA) is 72.7 Å². The van der Waals surface area contributed by atoms with E-state index in [0.717, 1.165) is 16.7 Å². The molecule has 3 aromatic rings. The largest absolute Gasteiger partial charge is 0.348 e. The minimum absolute atomic E-state index is 0.0720. The number of para-hydroxylation sites is 1. The van der Waals surface area contributed by atoms with E-state index < -0.39 is 0 Å². The first-order valence-electron chi connectivity index (χ1n) is 7.16. The lowest BCUT2D eigenvalue weighted by Crippen LogP contribution is -2.36. The lowest BCUT2D eigenvalue weighted by molar-refractivity contribution is 0.0935. The summed E-state index contributed by atoms with van der Waals surface area (Å²) >= 11 is 0. The Morgan fingerprint density at radius 1 is 1.27 bits per heavy atom. The summed E-state index contributed by atoms with van der Waals surface area (Å²) in [6.45, 7) is 4.33. The van der Waals surface area contributed by atoms with Gasteiger partial charge in [-0.3, -0.25) is 9.78 Å². The fourth-order valence-electron chi connectivity index (χ4n) is 2.38. The predicted octanol–water partition coefficient (Wildman–Crippen LogP) is 1.95. The van der Waals surface area contributed by atoms with Gasteiger partial charge in [0.15, 0.2) is 0 Å². The summed E-state index contributed by atoms with van der Waals surface area (Å²) in [7, 11) is 0. The Bertz CT molecular complexity index is 811. The molecule has 3 rings (SSSR count). The fourth-order valence-corrected chi connectivity index (χ4v) is 2.38. The van der Waals surface area contributed by atoms with Crippen LogP contribution in [0.1, 0.15) is 23.0 Å². The van der Waals surface area contributed by atoms with Crippen LogP contribution in [-0.2, 0) is 6.54 Å². The van der Waals surface area contributed by atoms with Crippen molar-refractivity contribution < 1.29 is 4.79 Å². The molecule has 0 bridgehead atoms. The number of hydrogen-bond donors (Lipinski definition) is 1. The first kappa shape index (κ1) is 14.2. The van der Waals surface area contributed by atoms with E-state index in [1.165, 1.54) is 0 Å². The third-order valence-electron chi connectivity index (χ3n) is 3.50. The molecule has 1 atom stereocenters. The van der Waals surface area contributed by atoms with Gasteiger partial charge in [-0.1, -0.05) is 17.3 Å². The maximum absolute atomic E-state index is 12.3. The summed E-state index contributed by atoms with van der Waals surface area (Å²) in [6, 6.07) is 11.2. The number of carbonyl (C=O) groups is 1. The zero-order chi connectivity index (χ0) is 15.5. The van der Waals surface area contributed by atoms with Crippen LogP contribution in [0.25, 0.3) is 11.0 Å². The zero-order valence-electron chi connectivity index (χ0n) is 12.5. The van der Waals surface area contributed by atoms with Crippen LogP contribution < -0.4 is 5.32 Å². The van der Waals surface area contributed by atoms with Crippen molar-refractivity contribution in [2.24, 2.45) is 0 Å². The highest BCUT2D eigenvalue weighted by atomic mass is 16.1. The third kappa shape index (κ3) is 2.81. The number of fused-ring (bicyclic) bond motifs is 1. The van der Waals surface area contributed by atoms with Crippen LogP contribution in [0.5, 0.6) is 0 Å². The predicted molar refractivity (Wildman–Crippen MR) is 83.4 cm³/mol. The van der Waals surface area contributed by atoms with Gasteiger partial charge in [-0.25, -0.2) is 4.68 Å². The second-order valence-corrected chi connectivity index (χ2v) is 5.27. The Morgan fingerprint density at radius 2 is 2.09 bits per heavy atom. The van der Waals surface area contributed by atoms with Crippen LogP contribution in [0.15, 0.2) is 42.6 Å². The zero-order valence-corrected chi connectivity index (χ0v) is 12.5. The SMILES string of the molecule is Cc1ncccc1C(=O)N[C@H](C)Cn1nnc2ccccc21. The molecular weight excluding hydrogens is 278 g/mol. The maximum atomic E-state index is 12.3. The van der Waals surface area contributed by atoms with Crippen LogP contribution in [0.3, 0.4) is 0 Å². The van der Waals surface area contributed by atoms with Gasteiger partial charge in [0.05, 0.1) is 17.6 Å². The Kier molecular flexibility index (Phi) is 3.82. The number of nitrogens with zero attached hydrogens (tertiary/aromatic N) is 4. The van der Waals surface area contributed by atoms with Crippen molar-refractivity contribution in [1.29, 1.82) is 0 Å². The molecular formula is C16H17N5O. The number of pyridine rings is 1. The number of carbonyl (C=O) groups excluding carboxylic acids is 1. The van der Waals surface area contributed by atoms with Gasteiger partial charge >= 0.3 is 0 Å². The van der Waals surface area contributed by atoms with Crippen LogP contribution in [0.2, 0.25) is 0 Å². The number of hydrogen-bond acceptors (Lipinski definition) is 4. The van der Waals surface area contributed by atoms with E-state index in [-0.39, 0.29) is 11.9 Å². The van der Waals surface area contributed by atoms with Crippen molar-refractivity contribution >= 4 is 16.9 Å². The highest BCUT2D eigenvalue weighted by molar-refractivity contribution is 5.95. The Labute approximate surface area is 128 Å². The quantitative estimate of drug-likeness (QED) is 0.798. The number of aryl methyl sites for hydroxylation is 1. The molecule has 0 spiro atoms. The highest BCUT2D eigenvalue weighted by Crippen LogP contribution is 2.10. The molecule has 0 saturated heterocycles. The van der Waals surface area contributed by atoms with Gasteiger partial charge in [-0.15, -0.1) is 5.10 Å². The molecule has 0 fully saturated rings. The van der Waals surface area contributed by atoms with E-state index in [9.17, 15) is 4.79 Å². The van der Waals surface area contributed by atoms with Gasteiger partial charge in [-0.05, 0) is 38.1 Å². The van der Waals surface area contributed by atoms with E-state index >= 15 is 0 Å². The summed E-state index contributed by atoms with van der Waals surface area (Å²) in [5, 5.41) is 11.2. The summed E-state index contributed by atoms with van der Waals surface area (Å²) < 4.78 is 1.80. The molecule has 2 heterocycles. The normalized spacial score (nSPS) is 12.3. The van der Waals surface area contributed by atoms with Crippen molar-refractivity contribution in [3.8, 4) is 0 Å². The second kappa shape index (κ2) is 5.93. The molecule has 1 N–H and O–H groups in total. The number of nitrogens with one attached hydrogen (secondary N) is 1. The lowest BCUT2D eigenvalue weighted by Gasteiger charge is -2.14. The average molecular weight is 295 g/mol. The van der Waals surface area contributed by atoms with Crippen molar-refractivity contribution in [1.82, 2.24) is 25.3 Å². The van der Waals surface area contributed by atoms with Gasteiger partial charge in [-0.2, -0.15) is 0 Å². The Morgan fingerprint density at radius 3 is 2.91 bits per heavy atom. The lowest BCUT2D eigenvalue weighted by atomic mass is 10.2. The molecule has 0 radical (unpaired) electrons. The van der Waals surface area contributed by atoms with Crippen LogP contribution in [-0.4, -0.2) is 31.9 Å². The molecule has 0 aliphatic rings. The minimum atomic E-state index is -0.123. The van der Waals surface area contributed by atoms with Crippen LogP contribution in [0.4, 0.5) is 0 Å². The van der Waals surface area contributed by atoms with Gasteiger partial charge in [0.1, 0.15) is 5.52 Å². The number of aromatic nitrogens is 4. The van der Waals surface area contributed by atoms with E-state index in [4.69, 9.17) is 0 Å². The van der Waals surface area contributed by atoms with E-state index in [0.29, 0.717) is 12.1 Å². The van der Waals surface area contributed by atoms with Gasteiger partial charge in [0, 0.05) is 17.9 Å². The molecule has 2 aromatic heterocycles. The summed E-state index contributed by atoms with van der Waals surface area (Å²) in [5.41, 5.74) is 3.13. The maximum Gasteiger partial charge on any atom is 0.253 e. The second-order valence-electron chi connectivity index (χ2n) is 5.27. The van der Waals surface area contributed by atoms with Gasteiger partial charge < -0.3 is 5.32 Å². The molecule has 6 nitrogen and oxygen atoms in total.